The Balaban J connectivity index is 2.14. The lowest BCUT2D eigenvalue weighted by Crippen LogP contribution is -2.06. The molecule has 0 aliphatic carbocycles. The van der Waals surface area contributed by atoms with Crippen LogP contribution in [0.15, 0.2) is 51.7 Å². The molecule has 0 spiro atoms. The van der Waals surface area contributed by atoms with Crippen molar-refractivity contribution < 1.29 is 14.1 Å². The van der Waals surface area contributed by atoms with E-state index in [0.717, 1.165) is 0 Å². The van der Waals surface area contributed by atoms with Crippen molar-refractivity contribution in [1.29, 1.82) is 0 Å². The monoisotopic (exact) mass is 298 g/mol. The molecule has 0 saturated carbocycles. The van der Waals surface area contributed by atoms with E-state index in [2.05, 4.69) is 4.98 Å². The van der Waals surface area contributed by atoms with Gasteiger partial charge < -0.3 is 9.15 Å². The molecule has 0 radical (unpaired) electrons. The Bertz CT molecular complexity index is 915. The molecule has 22 heavy (non-hydrogen) atoms. The van der Waals surface area contributed by atoms with Gasteiger partial charge in [-0.1, -0.05) is 0 Å². The fourth-order valence-electron chi connectivity index (χ4n) is 2.04. The Morgan fingerprint density at radius 3 is 2.55 bits per heavy atom. The molecule has 0 unspecified atom stereocenters. The average Bonchev–Trinajstić information content (AvgIpc) is 2.53. The van der Waals surface area contributed by atoms with Crippen LogP contribution < -0.4 is 10.4 Å². The van der Waals surface area contributed by atoms with E-state index in [1.807, 2.05) is 0 Å². The molecule has 3 aromatic rings. The summed E-state index contributed by atoms with van der Waals surface area (Å²) >= 11 is 0. The predicted octanol–water partition coefficient (Wildman–Crippen LogP) is 2.77. The lowest BCUT2D eigenvalue weighted by Gasteiger charge is -2.03. The van der Waals surface area contributed by atoms with Gasteiger partial charge in [0.05, 0.1) is 18.1 Å². The Labute approximate surface area is 123 Å². The van der Waals surface area contributed by atoms with Crippen molar-refractivity contribution in [1.82, 2.24) is 4.98 Å². The summed E-state index contributed by atoms with van der Waals surface area (Å²) in [5.74, 6) is 0.657. The number of nitro groups is 1. The van der Waals surface area contributed by atoms with Gasteiger partial charge in [0, 0.05) is 11.6 Å². The SMILES string of the molecule is COc1ccc(-c2nc3ccc([N+](=O)[O-])cc3oc2=O)cc1. The zero-order valence-electron chi connectivity index (χ0n) is 11.5. The third kappa shape index (κ3) is 2.39. The largest absolute Gasteiger partial charge is 0.497 e. The first kappa shape index (κ1) is 13.7. The summed E-state index contributed by atoms with van der Waals surface area (Å²) in [5.41, 5.74) is 0.360. The highest BCUT2D eigenvalue weighted by Crippen LogP contribution is 2.22. The number of rotatable bonds is 3. The highest BCUT2D eigenvalue weighted by atomic mass is 16.6. The van der Waals surface area contributed by atoms with Crippen LogP contribution in [0.2, 0.25) is 0 Å². The first-order valence-electron chi connectivity index (χ1n) is 6.32. The first-order chi connectivity index (χ1) is 10.6. The number of aromatic nitrogens is 1. The molecule has 2 aromatic carbocycles. The molecule has 0 N–H and O–H groups in total. The number of hydrogen-bond donors (Lipinski definition) is 0. The van der Waals surface area contributed by atoms with Crippen molar-refractivity contribution in [2.45, 2.75) is 0 Å². The maximum atomic E-state index is 12.0. The van der Waals surface area contributed by atoms with Crippen LogP contribution >= 0.6 is 0 Å². The zero-order valence-corrected chi connectivity index (χ0v) is 11.5. The normalized spacial score (nSPS) is 10.6. The van der Waals surface area contributed by atoms with Crippen LogP contribution in [0.1, 0.15) is 0 Å². The van der Waals surface area contributed by atoms with E-state index in [4.69, 9.17) is 9.15 Å². The molecule has 0 bridgehead atoms. The molecule has 0 aliphatic heterocycles. The van der Waals surface area contributed by atoms with E-state index in [9.17, 15) is 14.9 Å². The number of methoxy groups -OCH3 is 1. The van der Waals surface area contributed by atoms with Gasteiger partial charge in [-0.25, -0.2) is 9.78 Å². The third-order valence-corrected chi connectivity index (χ3v) is 3.15. The molecule has 7 nitrogen and oxygen atoms in total. The van der Waals surface area contributed by atoms with Crippen LogP contribution in [-0.2, 0) is 0 Å². The summed E-state index contributed by atoms with van der Waals surface area (Å²) in [6, 6.07) is 10.7. The van der Waals surface area contributed by atoms with Crippen molar-refractivity contribution in [2.24, 2.45) is 0 Å². The van der Waals surface area contributed by atoms with E-state index in [-0.39, 0.29) is 17.0 Å². The second-order valence-electron chi connectivity index (χ2n) is 4.49. The molecular formula is C15H10N2O5. The van der Waals surface area contributed by atoms with Crippen LogP contribution in [0, 0.1) is 10.1 Å². The summed E-state index contributed by atoms with van der Waals surface area (Å²) in [7, 11) is 1.55. The van der Waals surface area contributed by atoms with Gasteiger partial charge in [-0.2, -0.15) is 0 Å². The highest BCUT2D eigenvalue weighted by molar-refractivity contribution is 5.77. The quantitative estimate of drug-likeness (QED) is 0.545. The van der Waals surface area contributed by atoms with Crippen molar-refractivity contribution in [3.05, 3.63) is 63.0 Å². The summed E-state index contributed by atoms with van der Waals surface area (Å²) in [6.45, 7) is 0. The average molecular weight is 298 g/mol. The van der Waals surface area contributed by atoms with Gasteiger partial charge in [0.2, 0.25) is 0 Å². The summed E-state index contributed by atoms with van der Waals surface area (Å²) < 4.78 is 10.2. The number of ether oxygens (including phenoxy) is 1. The second kappa shape index (κ2) is 5.28. The molecule has 1 aromatic heterocycles. The van der Waals surface area contributed by atoms with Gasteiger partial charge in [-0.05, 0) is 30.3 Å². The van der Waals surface area contributed by atoms with E-state index in [1.54, 1.807) is 31.4 Å². The number of nitrogens with zero attached hydrogens (tertiary/aromatic N) is 2. The maximum Gasteiger partial charge on any atom is 0.363 e. The van der Waals surface area contributed by atoms with Gasteiger partial charge in [0.25, 0.3) is 5.69 Å². The Kier molecular flexibility index (Phi) is 3.30. The van der Waals surface area contributed by atoms with Crippen LogP contribution in [0.4, 0.5) is 5.69 Å². The molecule has 110 valence electrons. The topological polar surface area (TPSA) is 95.5 Å². The minimum absolute atomic E-state index is 0.0801. The molecule has 1 heterocycles. The number of nitro benzene ring substituents is 1. The second-order valence-corrected chi connectivity index (χ2v) is 4.49. The van der Waals surface area contributed by atoms with E-state index in [0.29, 0.717) is 16.8 Å². The lowest BCUT2D eigenvalue weighted by atomic mass is 10.1. The van der Waals surface area contributed by atoms with Gasteiger partial charge in [0.1, 0.15) is 11.3 Å². The molecule has 0 aliphatic rings. The fraction of sp³-hybridized carbons (Fsp3) is 0.0667. The fourth-order valence-corrected chi connectivity index (χ4v) is 2.04. The van der Waals surface area contributed by atoms with Crippen molar-refractivity contribution >= 4 is 16.8 Å². The lowest BCUT2D eigenvalue weighted by molar-refractivity contribution is -0.384. The Morgan fingerprint density at radius 2 is 1.91 bits per heavy atom. The number of fused-ring (bicyclic) bond motifs is 1. The molecule has 0 fully saturated rings. The van der Waals surface area contributed by atoms with Crippen molar-refractivity contribution in [3.63, 3.8) is 0 Å². The zero-order chi connectivity index (χ0) is 15.7. The summed E-state index contributed by atoms with van der Waals surface area (Å²) in [6.07, 6.45) is 0. The standard InChI is InChI=1S/C15H10N2O5/c1-21-11-5-2-9(3-6-11)14-15(18)22-13-8-10(17(19)20)4-7-12(13)16-14/h2-8H,1H3. The van der Waals surface area contributed by atoms with Gasteiger partial charge in [-0.3, -0.25) is 10.1 Å². The summed E-state index contributed by atoms with van der Waals surface area (Å²) in [5, 5.41) is 10.7. The van der Waals surface area contributed by atoms with E-state index >= 15 is 0 Å². The maximum absolute atomic E-state index is 12.0. The number of non-ortho nitro benzene ring substituents is 1. The molecule has 0 saturated heterocycles. The molecular weight excluding hydrogens is 288 g/mol. The third-order valence-electron chi connectivity index (χ3n) is 3.15. The van der Waals surface area contributed by atoms with Crippen molar-refractivity contribution in [2.75, 3.05) is 7.11 Å². The van der Waals surface area contributed by atoms with Gasteiger partial charge >= 0.3 is 5.63 Å². The van der Waals surface area contributed by atoms with Gasteiger partial charge in [-0.15, -0.1) is 0 Å². The summed E-state index contributed by atoms with van der Waals surface area (Å²) in [4.78, 5) is 26.4. The number of hydrogen-bond acceptors (Lipinski definition) is 6. The Hall–Kier alpha value is -3.22. The molecule has 0 atom stereocenters. The van der Waals surface area contributed by atoms with Crippen LogP contribution in [0.5, 0.6) is 5.75 Å². The molecule has 0 amide bonds. The Morgan fingerprint density at radius 1 is 1.18 bits per heavy atom. The van der Waals surface area contributed by atoms with Crippen LogP contribution in [0.25, 0.3) is 22.4 Å². The smallest absolute Gasteiger partial charge is 0.363 e. The van der Waals surface area contributed by atoms with Crippen LogP contribution in [-0.4, -0.2) is 17.0 Å². The molecule has 3 rings (SSSR count). The minimum Gasteiger partial charge on any atom is -0.497 e. The van der Waals surface area contributed by atoms with Gasteiger partial charge in [0.15, 0.2) is 11.3 Å². The highest BCUT2D eigenvalue weighted by Gasteiger charge is 2.13. The predicted molar refractivity (Wildman–Crippen MR) is 78.9 cm³/mol. The minimum atomic E-state index is -0.654. The van der Waals surface area contributed by atoms with Crippen LogP contribution in [0.3, 0.4) is 0 Å². The van der Waals surface area contributed by atoms with Crippen molar-refractivity contribution in [3.8, 4) is 17.0 Å². The van der Waals surface area contributed by atoms with E-state index in [1.165, 1.54) is 18.2 Å². The first-order valence-corrected chi connectivity index (χ1v) is 6.32. The van der Waals surface area contributed by atoms with E-state index < -0.39 is 10.5 Å². The number of benzene rings is 2. The molecule has 7 heteroatoms.